The first-order valence-electron chi connectivity index (χ1n) is 4.38. The third kappa shape index (κ3) is 1.74. The van der Waals surface area contributed by atoms with Crippen molar-refractivity contribution in [3.05, 3.63) is 35.4 Å². The summed E-state index contributed by atoms with van der Waals surface area (Å²) in [6.45, 7) is 3.77. The summed E-state index contributed by atoms with van der Waals surface area (Å²) in [4.78, 5) is 0. The van der Waals surface area contributed by atoms with Gasteiger partial charge in [0.25, 0.3) is 0 Å². The fourth-order valence-corrected chi connectivity index (χ4v) is 1.95. The number of aliphatic hydroxyl groups is 1. The van der Waals surface area contributed by atoms with Crippen molar-refractivity contribution in [2.75, 3.05) is 0 Å². The summed E-state index contributed by atoms with van der Waals surface area (Å²) < 4.78 is 0. The lowest BCUT2D eigenvalue weighted by Crippen LogP contribution is -2.28. The van der Waals surface area contributed by atoms with E-state index in [2.05, 4.69) is 24.3 Å². The van der Waals surface area contributed by atoms with Crippen LogP contribution in [0, 0.1) is 0 Å². The summed E-state index contributed by atoms with van der Waals surface area (Å²) >= 11 is 0. The number of hydrogen-bond acceptors (Lipinski definition) is 2. The topological polar surface area (TPSA) is 55.2 Å². The van der Waals surface area contributed by atoms with E-state index < -0.39 is 5.60 Å². The molecule has 4 N–H and O–H groups in total. The van der Waals surface area contributed by atoms with E-state index in [4.69, 9.17) is 0 Å². The highest BCUT2D eigenvalue weighted by Gasteiger charge is 2.31. The van der Waals surface area contributed by atoms with Crippen molar-refractivity contribution in [3.8, 4) is 0 Å². The van der Waals surface area contributed by atoms with Gasteiger partial charge in [-0.15, -0.1) is 0 Å². The lowest BCUT2D eigenvalue weighted by molar-refractivity contribution is 0.0517. The molecule has 1 aliphatic rings. The van der Waals surface area contributed by atoms with E-state index in [1.807, 2.05) is 13.8 Å². The molecule has 0 aromatic heterocycles. The zero-order valence-corrected chi connectivity index (χ0v) is 8.25. The van der Waals surface area contributed by atoms with Crippen LogP contribution in [0.1, 0.15) is 30.9 Å². The third-order valence-electron chi connectivity index (χ3n) is 2.65. The maximum atomic E-state index is 9.86. The van der Waals surface area contributed by atoms with Gasteiger partial charge in [0.1, 0.15) is 0 Å². The minimum Gasteiger partial charge on any atom is -0.390 e. The highest BCUT2D eigenvalue weighted by Crippen LogP contribution is 2.36. The summed E-state index contributed by atoms with van der Waals surface area (Å²) in [5, 5.41) is 9.86. The van der Waals surface area contributed by atoms with Crippen molar-refractivity contribution in [1.82, 2.24) is 6.15 Å². The second-order valence-electron chi connectivity index (χ2n) is 4.16. The molecule has 2 rings (SSSR count). The molecule has 0 spiro atoms. The van der Waals surface area contributed by atoms with Gasteiger partial charge in [0.05, 0.1) is 5.60 Å². The molecule has 2 heteroatoms. The molecule has 1 aliphatic carbocycles. The minimum absolute atomic E-state index is 0. The fourth-order valence-electron chi connectivity index (χ4n) is 1.95. The molecule has 0 saturated heterocycles. The zero-order valence-electron chi connectivity index (χ0n) is 8.25. The Kier molecular flexibility index (Phi) is 2.46. The van der Waals surface area contributed by atoms with Crippen LogP contribution in [0.25, 0.3) is 0 Å². The van der Waals surface area contributed by atoms with Gasteiger partial charge in [-0.05, 0) is 31.4 Å². The second kappa shape index (κ2) is 3.13. The number of fused-ring (bicyclic) bond motifs is 2. The van der Waals surface area contributed by atoms with Crippen molar-refractivity contribution in [3.63, 3.8) is 0 Å². The smallest absolute Gasteiger partial charge is 0.0663 e. The molecule has 13 heavy (non-hydrogen) atoms. The van der Waals surface area contributed by atoms with Gasteiger partial charge in [-0.3, -0.25) is 0 Å². The van der Waals surface area contributed by atoms with Gasteiger partial charge in [0.2, 0.25) is 0 Å². The predicted molar refractivity (Wildman–Crippen MR) is 54.2 cm³/mol. The van der Waals surface area contributed by atoms with Gasteiger partial charge in [-0.25, -0.2) is 0 Å². The molecule has 0 amide bonds. The monoisotopic (exact) mass is 179 g/mol. The number of hydrogen-bond donors (Lipinski definition) is 2. The van der Waals surface area contributed by atoms with Crippen molar-refractivity contribution in [1.29, 1.82) is 0 Å². The standard InChI is InChI=1S/C11H14O.H3N/c1-11(2,12)10-7-8-4-3-5-9(10)6-8;/h3-6,10,12H,7H2,1-2H3;1H3. The van der Waals surface area contributed by atoms with Crippen LogP contribution in [0.5, 0.6) is 0 Å². The van der Waals surface area contributed by atoms with E-state index in [1.54, 1.807) is 0 Å². The summed E-state index contributed by atoms with van der Waals surface area (Å²) in [5.74, 6) is 0.294. The van der Waals surface area contributed by atoms with E-state index >= 15 is 0 Å². The average Bonchev–Trinajstić information content (AvgIpc) is 2.25. The lowest BCUT2D eigenvalue weighted by atomic mass is 9.86. The van der Waals surface area contributed by atoms with Crippen molar-refractivity contribution in [2.45, 2.75) is 31.8 Å². The predicted octanol–water partition coefficient (Wildman–Crippen LogP) is 2.26. The van der Waals surface area contributed by atoms with Gasteiger partial charge in [-0.2, -0.15) is 0 Å². The highest BCUT2D eigenvalue weighted by molar-refractivity contribution is 5.36. The molecule has 1 aromatic carbocycles. The van der Waals surface area contributed by atoms with Crippen LogP contribution in [0.2, 0.25) is 0 Å². The first kappa shape index (κ1) is 10.2. The fraction of sp³-hybridized carbons (Fsp3) is 0.455. The summed E-state index contributed by atoms with van der Waals surface area (Å²) in [7, 11) is 0. The van der Waals surface area contributed by atoms with Crippen LogP contribution in [0.3, 0.4) is 0 Å². The van der Waals surface area contributed by atoms with Crippen molar-refractivity contribution < 1.29 is 5.11 Å². The second-order valence-corrected chi connectivity index (χ2v) is 4.16. The molecule has 0 aliphatic heterocycles. The average molecular weight is 179 g/mol. The van der Waals surface area contributed by atoms with Crippen LogP contribution in [0.15, 0.2) is 24.3 Å². The molecule has 0 heterocycles. The van der Waals surface area contributed by atoms with Crippen molar-refractivity contribution in [2.24, 2.45) is 0 Å². The summed E-state index contributed by atoms with van der Waals surface area (Å²) in [5.41, 5.74) is 2.04. The third-order valence-corrected chi connectivity index (χ3v) is 2.65. The molecule has 0 radical (unpaired) electrons. The van der Waals surface area contributed by atoms with Crippen LogP contribution < -0.4 is 6.15 Å². The summed E-state index contributed by atoms with van der Waals surface area (Å²) in [6.07, 6.45) is 0.992. The first-order valence-corrected chi connectivity index (χ1v) is 4.38. The van der Waals surface area contributed by atoms with E-state index in [0.717, 1.165) is 6.42 Å². The number of rotatable bonds is 1. The van der Waals surface area contributed by atoms with Crippen LogP contribution in [-0.4, -0.2) is 10.7 Å². The van der Waals surface area contributed by atoms with Gasteiger partial charge in [0, 0.05) is 5.92 Å². The zero-order chi connectivity index (χ0) is 8.77. The Bertz CT molecular complexity index is 301. The molecule has 1 unspecified atom stereocenters. The van der Waals surface area contributed by atoms with E-state index in [9.17, 15) is 5.11 Å². The van der Waals surface area contributed by atoms with E-state index in [-0.39, 0.29) is 6.15 Å². The van der Waals surface area contributed by atoms with Crippen LogP contribution >= 0.6 is 0 Å². The molecule has 2 nitrogen and oxygen atoms in total. The van der Waals surface area contributed by atoms with E-state index in [0.29, 0.717) is 5.92 Å². The maximum absolute atomic E-state index is 9.86. The molecule has 0 saturated carbocycles. The Balaban J connectivity index is 0.000000845. The van der Waals surface area contributed by atoms with Crippen molar-refractivity contribution >= 4 is 0 Å². The normalized spacial score (nSPS) is 19.8. The largest absolute Gasteiger partial charge is 0.390 e. The Morgan fingerprint density at radius 2 is 2.08 bits per heavy atom. The van der Waals surface area contributed by atoms with Crippen LogP contribution in [0.4, 0.5) is 0 Å². The highest BCUT2D eigenvalue weighted by atomic mass is 16.3. The molecule has 0 fully saturated rings. The molecule has 72 valence electrons. The SMILES string of the molecule is CC(C)(O)C1Cc2cccc1c2.N. The molecule has 1 aromatic rings. The molecule has 2 bridgehead atoms. The van der Waals surface area contributed by atoms with Gasteiger partial charge < -0.3 is 11.3 Å². The van der Waals surface area contributed by atoms with Gasteiger partial charge in [0.15, 0.2) is 0 Å². The van der Waals surface area contributed by atoms with Crippen LogP contribution in [-0.2, 0) is 6.42 Å². The Morgan fingerprint density at radius 1 is 1.38 bits per heavy atom. The van der Waals surface area contributed by atoms with Gasteiger partial charge >= 0.3 is 0 Å². The Labute approximate surface area is 79.2 Å². The van der Waals surface area contributed by atoms with E-state index in [1.165, 1.54) is 11.1 Å². The first-order chi connectivity index (χ1) is 5.57. The quantitative estimate of drug-likeness (QED) is 0.694. The Hall–Kier alpha value is -0.860. The molecular formula is C11H17NO. The molecule has 1 atom stereocenters. The lowest BCUT2D eigenvalue weighted by Gasteiger charge is -2.25. The molecular weight excluding hydrogens is 162 g/mol. The maximum Gasteiger partial charge on any atom is 0.0663 e. The Morgan fingerprint density at radius 3 is 2.62 bits per heavy atom. The minimum atomic E-state index is -0.587. The number of benzene rings is 1. The van der Waals surface area contributed by atoms with Gasteiger partial charge in [-0.1, -0.05) is 24.3 Å². The summed E-state index contributed by atoms with van der Waals surface area (Å²) in [6, 6.07) is 8.47.